The number of ether oxygens (including phenoxy) is 2. The zero-order chi connectivity index (χ0) is 17.8. The number of hydrogen-bond acceptors (Lipinski definition) is 6. The number of thioether (sulfide) groups is 1. The van der Waals surface area contributed by atoms with E-state index in [1.165, 1.54) is 11.8 Å². The van der Waals surface area contributed by atoms with Gasteiger partial charge in [-0.2, -0.15) is 11.8 Å². The van der Waals surface area contributed by atoms with Gasteiger partial charge in [-0.3, -0.25) is 4.79 Å². The maximum absolute atomic E-state index is 12.0. The Morgan fingerprint density at radius 3 is 2.35 bits per heavy atom. The Morgan fingerprint density at radius 2 is 1.91 bits per heavy atom. The highest BCUT2D eigenvalue weighted by atomic mass is 32.2. The molecule has 1 saturated carbocycles. The second-order valence-corrected chi connectivity index (χ2v) is 7.35. The van der Waals surface area contributed by atoms with Gasteiger partial charge in [0.25, 0.3) is 0 Å². The van der Waals surface area contributed by atoms with Crippen molar-refractivity contribution >= 4 is 29.8 Å². The predicted molar refractivity (Wildman–Crippen MR) is 86.3 cm³/mol. The first-order chi connectivity index (χ1) is 10.6. The zero-order valence-corrected chi connectivity index (χ0v) is 14.9. The van der Waals surface area contributed by atoms with Gasteiger partial charge in [0.1, 0.15) is 11.6 Å². The number of rotatable bonds is 7. The number of carbonyl (C=O) groups excluding carboxylic acids is 2. The summed E-state index contributed by atoms with van der Waals surface area (Å²) in [4.78, 5) is 35.4. The van der Waals surface area contributed by atoms with Gasteiger partial charge in [-0.05, 0) is 45.6 Å². The largest absolute Gasteiger partial charge is 0.480 e. The summed E-state index contributed by atoms with van der Waals surface area (Å²) < 4.78 is 10.1. The van der Waals surface area contributed by atoms with Gasteiger partial charge in [0, 0.05) is 5.92 Å². The molecule has 4 atom stereocenters. The van der Waals surface area contributed by atoms with Crippen LogP contribution in [-0.2, 0) is 19.1 Å². The van der Waals surface area contributed by atoms with E-state index >= 15 is 0 Å². The van der Waals surface area contributed by atoms with Gasteiger partial charge < -0.3 is 19.9 Å². The van der Waals surface area contributed by atoms with E-state index in [1.807, 2.05) is 6.26 Å². The Balaban J connectivity index is 2.81. The molecule has 0 saturated heterocycles. The fourth-order valence-corrected chi connectivity index (χ4v) is 3.40. The highest BCUT2D eigenvalue weighted by molar-refractivity contribution is 7.98. The lowest BCUT2D eigenvalue weighted by Gasteiger charge is -2.22. The van der Waals surface area contributed by atoms with E-state index in [1.54, 1.807) is 27.7 Å². The average Bonchev–Trinajstić information content (AvgIpc) is 3.08. The number of carbonyl (C=O) groups is 3. The van der Waals surface area contributed by atoms with Gasteiger partial charge in [-0.1, -0.05) is 0 Å². The molecule has 0 spiro atoms. The molecule has 1 aliphatic rings. The van der Waals surface area contributed by atoms with Gasteiger partial charge >= 0.3 is 18.0 Å². The molecule has 2 N–H and O–H groups in total. The van der Waals surface area contributed by atoms with E-state index in [-0.39, 0.29) is 12.5 Å². The Morgan fingerprint density at radius 1 is 1.30 bits per heavy atom. The number of esters is 1. The Labute approximate surface area is 140 Å². The predicted octanol–water partition coefficient (Wildman–Crippen LogP) is 1.75. The molecule has 8 heteroatoms. The van der Waals surface area contributed by atoms with Gasteiger partial charge in [-0.25, -0.2) is 9.59 Å². The highest BCUT2D eigenvalue weighted by Crippen LogP contribution is 2.51. The van der Waals surface area contributed by atoms with Crippen LogP contribution in [0.4, 0.5) is 4.79 Å². The summed E-state index contributed by atoms with van der Waals surface area (Å²) in [6, 6.07) is -1.17. The lowest BCUT2D eigenvalue weighted by Crippen LogP contribution is -2.45. The number of aliphatic carboxylic acids is 1. The lowest BCUT2D eigenvalue weighted by atomic mass is 10.1. The maximum atomic E-state index is 12.0. The van der Waals surface area contributed by atoms with Crippen molar-refractivity contribution in [2.75, 3.05) is 18.6 Å². The van der Waals surface area contributed by atoms with Crippen molar-refractivity contribution in [3.05, 3.63) is 0 Å². The van der Waals surface area contributed by atoms with Gasteiger partial charge in [0.2, 0.25) is 0 Å². The summed E-state index contributed by atoms with van der Waals surface area (Å²) in [7, 11) is 0. The third kappa shape index (κ3) is 5.60. The number of alkyl carbamates (subject to hydrolysis) is 1. The molecule has 0 aromatic carbocycles. The fraction of sp³-hybridized carbons (Fsp3) is 0.800. The van der Waals surface area contributed by atoms with Crippen LogP contribution >= 0.6 is 11.8 Å². The summed E-state index contributed by atoms with van der Waals surface area (Å²) >= 11 is 1.53. The summed E-state index contributed by atoms with van der Waals surface area (Å²) in [6.45, 7) is 7.02. The van der Waals surface area contributed by atoms with Crippen LogP contribution in [0.2, 0.25) is 0 Å². The van der Waals surface area contributed by atoms with E-state index < -0.39 is 41.5 Å². The van der Waals surface area contributed by atoms with Gasteiger partial charge in [0.05, 0.1) is 12.5 Å². The second kappa shape index (κ2) is 7.90. The van der Waals surface area contributed by atoms with Crippen molar-refractivity contribution in [3.63, 3.8) is 0 Å². The van der Waals surface area contributed by atoms with E-state index in [0.29, 0.717) is 5.75 Å². The molecule has 1 amide bonds. The quantitative estimate of drug-likeness (QED) is 0.676. The first kappa shape index (κ1) is 19.6. The minimum atomic E-state index is -1.18. The van der Waals surface area contributed by atoms with Crippen molar-refractivity contribution in [1.82, 2.24) is 5.32 Å². The third-order valence-electron chi connectivity index (χ3n) is 3.47. The highest BCUT2D eigenvalue weighted by Gasteiger charge is 2.61. The van der Waals surface area contributed by atoms with Crippen LogP contribution in [0.25, 0.3) is 0 Å². The number of nitrogens with one attached hydrogen (secondary N) is 1. The van der Waals surface area contributed by atoms with Crippen LogP contribution in [-0.4, -0.2) is 53.4 Å². The number of carboxylic acids is 1. The van der Waals surface area contributed by atoms with Gasteiger partial charge in [-0.15, -0.1) is 0 Å². The molecule has 132 valence electrons. The average molecular weight is 347 g/mol. The van der Waals surface area contributed by atoms with Crippen LogP contribution in [0.15, 0.2) is 0 Å². The van der Waals surface area contributed by atoms with E-state index in [9.17, 15) is 19.5 Å². The van der Waals surface area contributed by atoms with Crippen LogP contribution < -0.4 is 5.32 Å². The van der Waals surface area contributed by atoms with Crippen molar-refractivity contribution < 1.29 is 29.0 Å². The molecule has 7 nitrogen and oxygen atoms in total. The molecule has 0 aliphatic heterocycles. The molecule has 23 heavy (non-hydrogen) atoms. The molecule has 4 unspecified atom stereocenters. The third-order valence-corrected chi connectivity index (χ3v) is 4.19. The molecule has 1 aliphatic carbocycles. The van der Waals surface area contributed by atoms with E-state index in [0.717, 1.165) is 0 Å². The molecular weight excluding hydrogens is 322 g/mol. The van der Waals surface area contributed by atoms with Crippen molar-refractivity contribution in [1.29, 1.82) is 0 Å². The monoisotopic (exact) mass is 347 g/mol. The van der Waals surface area contributed by atoms with E-state index in [4.69, 9.17) is 9.47 Å². The molecule has 0 aromatic rings. The molecule has 1 fully saturated rings. The first-order valence-electron chi connectivity index (χ1n) is 7.50. The standard InChI is InChI=1S/C15H25NO6S/c1-6-21-13(19)10-8(7-23-5)9(10)11(12(17)18)16-14(20)22-15(2,3)4/h8-11H,6-7H2,1-5H3,(H,16,20)(H,17,18). The second-order valence-electron chi connectivity index (χ2n) is 6.44. The SMILES string of the molecule is CCOC(=O)C1C(CSC)C1C(NC(=O)OC(C)(C)C)C(=O)O. The van der Waals surface area contributed by atoms with Crippen LogP contribution in [0.3, 0.4) is 0 Å². The van der Waals surface area contributed by atoms with Crippen molar-refractivity contribution in [2.45, 2.75) is 39.3 Å². The zero-order valence-electron chi connectivity index (χ0n) is 14.1. The Bertz CT molecular complexity index is 461. The van der Waals surface area contributed by atoms with Crippen molar-refractivity contribution in [2.24, 2.45) is 17.8 Å². The molecular formula is C15H25NO6S. The minimum Gasteiger partial charge on any atom is -0.480 e. The molecule has 0 bridgehead atoms. The topological polar surface area (TPSA) is 102 Å². The van der Waals surface area contributed by atoms with Crippen LogP contribution in [0.1, 0.15) is 27.7 Å². The number of amides is 1. The first-order valence-corrected chi connectivity index (χ1v) is 8.89. The minimum absolute atomic E-state index is 0.125. The van der Waals surface area contributed by atoms with Crippen molar-refractivity contribution in [3.8, 4) is 0 Å². The normalized spacial score (nSPS) is 24.5. The number of hydrogen-bond donors (Lipinski definition) is 2. The summed E-state index contributed by atoms with van der Waals surface area (Å²) in [5.41, 5.74) is -0.726. The smallest absolute Gasteiger partial charge is 0.408 e. The van der Waals surface area contributed by atoms with Crippen LogP contribution in [0.5, 0.6) is 0 Å². The molecule has 0 radical (unpaired) electrons. The molecule has 0 heterocycles. The summed E-state index contributed by atoms with van der Waals surface area (Å²) in [5, 5.41) is 11.8. The molecule has 0 aromatic heterocycles. The van der Waals surface area contributed by atoms with E-state index in [2.05, 4.69) is 5.32 Å². The van der Waals surface area contributed by atoms with Crippen LogP contribution in [0, 0.1) is 17.8 Å². The molecule has 1 rings (SSSR count). The van der Waals surface area contributed by atoms with Gasteiger partial charge in [0.15, 0.2) is 0 Å². The summed E-state index contributed by atoms with van der Waals surface area (Å²) in [5.74, 6) is -2.06. The Hall–Kier alpha value is -1.44. The summed E-state index contributed by atoms with van der Waals surface area (Å²) in [6.07, 6.45) is 1.08. The Kier molecular flexibility index (Phi) is 6.73. The maximum Gasteiger partial charge on any atom is 0.408 e. The number of carboxylic acid groups (broad SMARTS) is 1. The fourth-order valence-electron chi connectivity index (χ4n) is 2.59. The lowest BCUT2D eigenvalue weighted by molar-refractivity contribution is -0.145.